The zero-order valence-corrected chi connectivity index (χ0v) is 8.40. The summed E-state index contributed by atoms with van der Waals surface area (Å²) in [6.45, 7) is 0.104. The molecule has 1 saturated carbocycles. The third-order valence-electron chi connectivity index (χ3n) is 2.93. The van der Waals surface area contributed by atoms with Crippen molar-refractivity contribution in [3.05, 3.63) is 24.0 Å². The Balaban J connectivity index is 2.20. The van der Waals surface area contributed by atoms with E-state index in [1.165, 1.54) is 0 Å². The molecule has 1 aromatic rings. The van der Waals surface area contributed by atoms with Crippen LogP contribution in [0, 0.1) is 11.3 Å². The molecule has 1 fully saturated rings. The number of aromatic nitrogens is 1. The maximum atomic E-state index is 9.30. The van der Waals surface area contributed by atoms with Crippen molar-refractivity contribution in [3.8, 4) is 6.07 Å². The van der Waals surface area contributed by atoms with E-state index in [1.807, 2.05) is 12.1 Å². The van der Waals surface area contributed by atoms with Gasteiger partial charge in [-0.1, -0.05) is 0 Å². The van der Waals surface area contributed by atoms with E-state index in [2.05, 4.69) is 10.3 Å². The monoisotopic (exact) mass is 203 g/mol. The molecule has 78 valence electrons. The summed E-state index contributed by atoms with van der Waals surface area (Å²) in [7, 11) is 0. The van der Waals surface area contributed by atoms with E-state index < -0.39 is 0 Å². The molecule has 1 heterocycles. The van der Waals surface area contributed by atoms with E-state index in [-0.39, 0.29) is 12.1 Å². The molecule has 0 unspecified atom stereocenters. The van der Waals surface area contributed by atoms with Gasteiger partial charge in [0.1, 0.15) is 6.07 Å². The third kappa shape index (κ3) is 1.79. The van der Waals surface area contributed by atoms with Gasteiger partial charge in [-0.05, 0) is 31.4 Å². The number of hydrogen-bond acceptors (Lipinski definition) is 4. The molecular weight excluding hydrogens is 190 g/mol. The molecule has 1 aliphatic carbocycles. The van der Waals surface area contributed by atoms with E-state index in [0.717, 1.165) is 19.3 Å². The van der Waals surface area contributed by atoms with Crippen molar-refractivity contribution in [1.29, 1.82) is 5.26 Å². The molecule has 1 aliphatic rings. The molecule has 0 spiro atoms. The third-order valence-corrected chi connectivity index (χ3v) is 2.93. The zero-order chi connectivity index (χ0) is 10.7. The first kappa shape index (κ1) is 9.94. The first-order valence-corrected chi connectivity index (χ1v) is 5.04. The van der Waals surface area contributed by atoms with E-state index in [0.29, 0.717) is 11.4 Å². The minimum absolute atomic E-state index is 0.104. The fraction of sp³-hybridized carbons (Fsp3) is 0.455. The van der Waals surface area contributed by atoms with E-state index in [1.54, 1.807) is 12.3 Å². The summed E-state index contributed by atoms with van der Waals surface area (Å²) in [5, 5.41) is 21.4. The van der Waals surface area contributed by atoms with Crippen LogP contribution in [0.1, 0.15) is 25.0 Å². The highest BCUT2D eigenvalue weighted by Gasteiger charge is 2.36. The molecule has 0 amide bonds. The predicted octanol–water partition coefficient (Wildman–Crippen LogP) is 1.28. The molecule has 0 saturated heterocycles. The lowest BCUT2D eigenvalue weighted by molar-refractivity contribution is 0.144. The molecule has 2 N–H and O–H groups in total. The van der Waals surface area contributed by atoms with Gasteiger partial charge in [0, 0.05) is 6.20 Å². The van der Waals surface area contributed by atoms with E-state index >= 15 is 0 Å². The van der Waals surface area contributed by atoms with Crippen molar-refractivity contribution in [2.24, 2.45) is 0 Å². The summed E-state index contributed by atoms with van der Waals surface area (Å²) < 4.78 is 0. The first-order valence-electron chi connectivity index (χ1n) is 5.04. The van der Waals surface area contributed by atoms with E-state index in [4.69, 9.17) is 5.26 Å². The van der Waals surface area contributed by atoms with Crippen LogP contribution >= 0.6 is 0 Å². The van der Waals surface area contributed by atoms with Gasteiger partial charge in [-0.3, -0.25) is 0 Å². The molecule has 2 rings (SSSR count). The van der Waals surface area contributed by atoms with Crippen LogP contribution in [0.3, 0.4) is 0 Å². The Hall–Kier alpha value is -1.60. The van der Waals surface area contributed by atoms with Crippen molar-refractivity contribution in [2.75, 3.05) is 11.9 Å². The van der Waals surface area contributed by atoms with Crippen LogP contribution in [0.4, 0.5) is 5.69 Å². The molecule has 15 heavy (non-hydrogen) atoms. The summed E-state index contributed by atoms with van der Waals surface area (Å²) >= 11 is 0. The number of nitriles is 1. The zero-order valence-electron chi connectivity index (χ0n) is 8.40. The van der Waals surface area contributed by atoms with Crippen molar-refractivity contribution < 1.29 is 5.11 Å². The van der Waals surface area contributed by atoms with Crippen LogP contribution < -0.4 is 5.32 Å². The Kier molecular flexibility index (Phi) is 2.57. The number of anilines is 1. The highest BCUT2D eigenvalue weighted by Crippen LogP contribution is 2.35. The van der Waals surface area contributed by atoms with Crippen molar-refractivity contribution >= 4 is 5.69 Å². The second-order valence-electron chi connectivity index (χ2n) is 3.93. The van der Waals surface area contributed by atoms with Gasteiger partial charge >= 0.3 is 0 Å². The molecule has 0 bridgehead atoms. The lowest BCUT2D eigenvalue weighted by Crippen LogP contribution is -2.48. The topological polar surface area (TPSA) is 68.9 Å². The Morgan fingerprint density at radius 3 is 2.93 bits per heavy atom. The van der Waals surface area contributed by atoms with Crippen molar-refractivity contribution in [2.45, 2.75) is 24.8 Å². The number of aliphatic hydroxyl groups is 1. The fourth-order valence-corrected chi connectivity index (χ4v) is 1.81. The molecule has 4 heteroatoms. The van der Waals surface area contributed by atoms with Crippen molar-refractivity contribution in [1.82, 2.24) is 4.98 Å². The largest absolute Gasteiger partial charge is 0.394 e. The fourth-order valence-electron chi connectivity index (χ4n) is 1.81. The van der Waals surface area contributed by atoms with E-state index in [9.17, 15) is 5.11 Å². The Labute approximate surface area is 88.6 Å². The van der Waals surface area contributed by atoms with Crippen LogP contribution in [0.15, 0.2) is 18.3 Å². The maximum absolute atomic E-state index is 9.30. The highest BCUT2D eigenvalue weighted by molar-refractivity contribution is 5.55. The minimum atomic E-state index is -0.228. The van der Waals surface area contributed by atoms with Crippen LogP contribution in [0.25, 0.3) is 0 Å². The standard InChI is InChI=1S/C11H13N3O/c12-7-10-9(3-1-6-13-10)14-11(8-15)4-2-5-11/h1,3,6,14-15H,2,4-5,8H2. The summed E-state index contributed by atoms with van der Waals surface area (Å²) in [4.78, 5) is 3.97. The summed E-state index contributed by atoms with van der Waals surface area (Å²) in [6, 6.07) is 5.64. The molecule has 0 radical (unpaired) electrons. The van der Waals surface area contributed by atoms with Crippen LogP contribution in [-0.2, 0) is 0 Å². The smallest absolute Gasteiger partial charge is 0.163 e. The normalized spacial score (nSPS) is 17.6. The Morgan fingerprint density at radius 1 is 1.60 bits per heavy atom. The average molecular weight is 203 g/mol. The van der Waals surface area contributed by atoms with Gasteiger partial charge in [-0.2, -0.15) is 5.26 Å². The second kappa shape index (κ2) is 3.87. The predicted molar refractivity (Wildman–Crippen MR) is 56.2 cm³/mol. The van der Waals surface area contributed by atoms with Gasteiger partial charge in [-0.15, -0.1) is 0 Å². The molecule has 4 nitrogen and oxygen atoms in total. The molecule has 0 aliphatic heterocycles. The molecule has 1 aromatic heterocycles. The lowest BCUT2D eigenvalue weighted by Gasteiger charge is -2.41. The van der Waals surface area contributed by atoms with Crippen LogP contribution in [0.2, 0.25) is 0 Å². The van der Waals surface area contributed by atoms with Gasteiger partial charge in [0.05, 0.1) is 17.8 Å². The summed E-state index contributed by atoms with van der Waals surface area (Å²) in [6.07, 6.45) is 4.61. The molecule has 0 aromatic carbocycles. The number of aliphatic hydroxyl groups excluding tert-OH is 1. The van der Waals surface area contributed by atoms with Gasteiger partial charge < -0.3 is 10.4 Å². The maximum Gasteiger partial charge on any atom is 0.163 e. The van der Waals surface area contributed by atoms with Crippen LogP contribution in [-0.4, -0.2) is 22.2 Å². The first-order chi connectivity index (χ1) is 7.29. The second-order valence-corrected chi connectivity index (χ2v) is 3.93. The highest BCUT2D eigenvalue weighted by atomic mass is 16.3. The molecule has 0 atom stereocenters. The number of hydrogen-bond donors (Lipinski definition) is 2. The van der Waals surface area contributed by atoms with Gasteiger partial charge in [0.15, 0.2) is 5.69 Å². The summed E-state index contributed by atoms with van der Waals surface area (Å²) in [5.74, 6) is 0. The summed E-state index contributed by atoms with van der Waals surface area (Å²) in [5.41, 5.74) is 0.875. The number of rotatable bonds is 3. The quantitative estimate of drug-likeness (QED) is 0.776. The van der Waals surface area contributed by atoms with Crippen molar-refractivity contribution in [3.63, 3.8) is 0 Å². The number of nitrogens with zero attached hydrogens (tertiary/aromatic N) is 2. The average Bonchev–Trinajstić information content (AvgIpc) is 2.24. The van der Waals surface area contributed by atoms with Crippen LogP contribution in [0.5, 0.6) is 0 Å². The van der Waals surface area contributed by atoms with Gasteiger partial charge in [0.2, 0.25) is 0 Å². The SMILES string of the molecule is N#Cc1ncccc1NC1(CO)CCC1. The Bertz CT molecular complexity index is 388. The number of pyridine rings is 1. The number of nitrogens with one attached hydrogen (secondary N) is 1. The minimum Gasteiger partial charge on any atom is -0.394 e. The van der Waals surface area contributed by atoms with Gasteiger partial charge in [0.25, 0.3) is 0 Å². The molecular formula is C11H13N3O. The Morgan fingerprint density at radius 2 is 2.40 bits per heavy atom. The van der Waals surface area contributed by atoms with Gasteiger partial charge in [-0.25, -0.2) is 4.98 Å². The lowest BCUT2D eigenvalue weighted by atomic mass is 9.77.